The standard InChI is InChI=1S/C19H25N3O4S/c1-3-13(2)14-4-6-15(7-5-14)20-19(24)17-8-9-18(23)22(21-17)16-10-11-27(25,26)12-16/h4-7,13,16H,3,8-12H2,1-2H3,(H,20,24)/t13-,16-/m1/s1. The molecule has 0 bridgehead atoms. The van der Waals surface area contributed by atoms with Crippen LogP contribution in [0.1, 0.15) is 51.0 Å². The predicted molar refractivity (Wildman–Crippen MR) is 104 cm³/mol. The van der Waals surface area contributed by atoms with Gasteiger partial charge in [-0.05, 0) is 36.5 Å². The molecule has 3 rings (SSSR count). The molecule has 2 heterocycles. The fourth-order valence-electron chi connectivity index (χ4n) is 3.32. The van der Waals surface area contributed by atoms with Crippen LogP contribution in [0.5, 0.6) is 0 Å². The Bertz CT molecular complexity index is 861. The van der Waals surface area contributed by atoms with Crippen molar-refractivity contribution < 1.29 is 18.0 Å². The van der Waals surface area contributed by atoms with Gasteiger partial charge >= 0.3 is 0 Å². The number of rotatable bonds is 5. The molecule has 1 fully saturated rings. The fourth-order valence-corrected chi connectivity index (χ4v) is 5.01. The monoisotopic (exact) mass is 391 g/mol. The molecule has 0 radical (unpaired) electrons. The molecule has 0 unspecified atom stereocenters. The molecular weight excluding hydrogens is 366 g/mol. The van der Waals surface area contributed by atoms with Crippen molar-refractivity contribution in [3.63, 3.8) is 0 Å². The van der Waals surface area contributed by atoms with Crippen molar-refractivity contribution in [1.82, 2.24) is 5.01 Å². The van der Waals surface area contributed by atoms with E-state index in [1.165, 1.54) is 10.6 Å². The first-order valence-electron chi connectivity index (χ1n) is 9.30. The first-order chi connectivity index (χ1) is 12.8. The van der Waals surface area contributed by atoms with E-state index in [1.807, 2.05) is 24.3 Å². The lowest BCUT2D eigenvalue weighted by Crippen LogP contribution is -2.42. The second kappa shape index (κ2) is 7.80. The van der Waals surface area contributed by atoms with Crippen LogP contribution in [0, 0.1) is 0 Å². The first kappa shape index (κ1) is 19.5. The van der Waals surface area contributed by atoms with Crippen molar-refractivity contribution in [1.29, 1.82) is 0 Å². The number of benzene rings is 1. The second-order valence-corrected chi connectivity index (χ2v) is 9.46. The van der Waals surface area contributed by atoms with Crippen molar-refractivity contribution >= 4 is 33.1 Å². The molecule has 0 spiro atoms. The Hall–Kier alpha value is -2.22. The largest absolute Gasteiger partial charge is 0.321 e. The zero-order valence-electron chi connectivity index (χ0n) is 15.6. The number of sulfone groups is 1. The third-order valence-corrected chi connectivity index (χ3v) is 6.98. The predicted octanol–water partition coefficient (Wildman–Crippen LogP) is 2.30. The summed E-state index contributed by atoms with van der Waals surface area (Å²) in [5.74, 6) is -0.161. The van der Waals surface area contributed by atoms with E-state index in [9.17, 15) is 18.0 Å². The van der Waals surface area contributed by atoms with Gasteiger partial charge in [-0.25, -0.2) is 13.4 Å². The lowest BCUT2D eigenvalue weighted by Gasteiger charge is -2.27. The molecule has 146 valence electrons. The van der Waals surface area contributed by atoms with Gasteiger partial charge in [0.15, 0.2) is 9.84 Å². The maximum atomic E-state index is 12.5. The van der Waals surface area contributed by atoms with Gasteiger partial charge in [0.25, 0.3) is 5.91 Å². The van der Waals surface area contributed by atoms with Crippen LogP contribution < -0.4 is 5.32 Å². The average Bonchev–Trinajstić information content (AvgIpc) is 3.01. The zero-order valence-corrected chi connectivity index (χ0v) is 16.5. The minimum Gasteiger partial charge on any atom is -0.321 e. The van der Waals surface area contributed by atoms with E-state index in [1.54, 1.807) is 0 Å². The molecular formula is C19H25N3O4S. The molecule has 1 saturated heterocycles. The third-order valence-electron chi connectivity index (χ3n) is 5.23. The molecule has 1 N–H and O–H groups in total. The quantitative estimate of drug-likeness (QED) is 0.833. The van der Waals surface area contributed by atoms with Gasteiger partial charge in [0.1, 0.15) is 5.71 Å². The Morgan fingerprint density at radius 3 is 2.59 bits per heavy atom. The van der Waals surface area contributed by atoms with Crippen LogP contribution in [-0.4, -0.2) is 48.5 Å². The normalized spacial score (nSPS) is 23.0. The van der Waals surface area contributed by atoms with Gasteiger partial charge in [-0.3, -0.25) is 9.59 Å². The van der Waals surface area contributed by atoms with Crippen molar-refractivity contribution in [3.8, 4) is 0 Å². The molecule has 0 aromatic heterocycles. The SMILES string of the molecule is CC[C@@H](C)c1ccc(NC(=O)C2=NN([C@@H]3CCS(=O)(=O)C3)C(=O)CC2)cc1. The highest BCUT2D eigenvalue weighted by Crippen LogP contribution is 2.23. The summed E-state index contributed by atoms with van der Waals surface area (Å²) in [6, 6.07) is 7.22. The van der Waals surface area contributed by atoms with Gasteiger partial charge in [-0.2, -0.15) is 5.10 Å². The molecule has 2 aliphatic heterocycles. The zero-order chi connectivity index (χ0) is 19.6. The number of hydrogen-bond acceptors (Lipinski definition) is 5. The third kappa shape index (κ3) is 4.55. The highest BCUT2D eigenvalue weighted by atomic mass is 32.2. The van der Waals surface area contributed by atoms with E-state index in [0.29, 0.717) is 18.0 Å². The van der Waals surface area contributed by atoms with Crippen LogP contribution in [0.3, 0.4) is 0 Å². The average molecular weight is 391 g/mol. The summed E-state index contributed by atoms with van der Waals surface area (Å²) >= 11 is 0. The molecule has 0 saturated carbocycles. The minimum atomic E-state index is -3.13. The van der Waals surface area contributed by atoms with Gasteiger partial charge in [0.2, 0.25) is 5.91 Å². The number of carbonyl (C=O) groups excluding carboxylic acids is 2. The molecule has 1 aromatic rings. The summed E-state index contributed by atoms with van der Waals surface area (Å²) in [6.45, 7) is 4.28. The van der Waals surface area contributed by atoms with Crippen LogP contribution in [0.4, 0.5) is 5.69 Å². The smallest absolute Gasteiger partial charge is 0.271 e. The molecule has 0 aliphatic carbocycles. The van der Waals surface area contributed by atoms with Crippen LogP contribution in [0.2, 0.25) is 0 Å². The molecule has 27 heavy (non-hydrogen) atoms. The Morgan fingerprint density at radius 2 is 2.00 bits per heavy atom. The molecule has 8 heteroatoms. The molecule has 1 aromatic carbocycles. The van der Waals surface area contributed by atoms with Crippen molar-refractivity contribution in [3.05, 3.63) is 29.8 Å². The van der Waals surface area contributed by atoms with E-state index < -0.39 is 15.9 Å². The minimum absolute atomic E-state index is 0.0566. The maximum absolute atomic E-state index is 12.5. The van der Waals surface area contributed by atoms with E-state index >= 15 is 0 Å². The lowest BCUT2D eigenvalue weighted by atomic mass is 9.98. The summed E-state index contributed by atoms with van der Waals surface area (Å²) in [5, 5.41) is 8.20. The van der Waals surface area contributed by atoms with Crippen LogP contribution in [0.15, 0.2) is 29.4 Å². The summed E-state index contributed by atoms with van der Waals surface area (Å²) in [4.78, 5) is 24.7. The first-order valence-corrected chi connectivity index (χ1v) is 11.1. The number of carbonyl (C=O) groups is 2. The number of anilines is 1. The van der Waals surface area contributed by atoms with Crippen LogP contribution >= 0.6 is 0 Å². The van der Waals surface area contributed by atoms with Gasteiger partial charge in [0, 0.05) is 18.5 Å². The van der Waals surface area contributed by atoms with Gasteiger partial charge in [-0.15, -0.1) is 0 Å². The Balaban J connectivity index is 1.70. The topological polar surface area (TPSA) is 95.9 Å². The highest BCUT2D eigenvalue weighted by Gasteiger charge is 2.37. The highest BCUT2D eigenvalue weighted by molar-refractivity contribution is 7.91. The van der Waals surface area contributed by atoms with E-state index in [4.69, 9.17) is 0 Å². The number of nitrogens with zero attached hydrogens (tertiary/aromatic N) is 2. The Labute approximate surface area is 159 Å². The fraction of sp³-hybridized carbons (Fsp3) is 0.526. The van der Waals surface area contributed by atoms with Crippen LogP contribution in [-0.2, 0) is 19.4 Å². The molecule has 2 amide bonds. The Kier molecular flexibility index (Phi) is 5.64. The Morgan fingerprint density at radius 1 is 1.30 bits per heavy atom. The van der Waals surface area contributed by atoms with Gasteiger partial charge in [-0.1, -0.05) is 26.0 Å². The van der Waals surface area contributed by atoms with Crippen molar-refractivity contribution in [2.24, 2.45) is 5.10 Å². The van der Waals surface area contributed by atoms with Gasteiger partial charge in [0.05, 0.1) is 17.5 Å². The number of amides is 2. The summed E-state index contributed by atoms with van der Waals surface area (Å²) < 4.78 is 23.4. The van der Waals surface area contributed by atoms with E-state index in [-0.39, 0.29) is 41.9 Å². The van der Waals surface area contributed by atoms with Gasteiger partial charge < -0.3 is 5.32 Å². The van der Waals surface area contributed by atoms with E-state index in [0.717, 1.165) is 6.42 Å². The maximum Gasteiger partial charge on any atom is 0.271 e. The number of nitrogens with one attached hydrogen (secondary N) is 1. The number of hydrazone groups is 1. The molecule has 2 aliphatic rings. The van der Waals surface area contributed by atoms with Crippen LogP contribution in [0.25, 0.3) is 0 Å². The summed E-state index contributed by atoms with van der Waals surface area (Å²) in [7, 11) is -3.13. The summed E-state index contributed by atoms with van der Waals surface area (Å²) in [6.07, 6.45) is 1.83. The molecule has 7 nitrogen and oxygen atoms in total. The van der Waals surface area contributed by atoms with E-state index in [2.05, 4.69) is 24.3 Å². The number of hydrogen-bond donors (Lipinski definition) is 1. The molecule has 2 atom stereocenters. The van der Waals surface area contributed by atoms with Crippen molar-refractivity contribution in [2.45, 2.75) is 51.5 Å². The van der Waals surface area contributed by atoms with Crippen molar-refractivity contribution in [2.75, 3.05) is 16.8 Å². The lowest BCUT2D eigenvalue weighted by molar-refractivity contribution is -0.133. The summed E-state index contributed by atoms with van der Waals surface area (Å²) in [5.41, 5.74) is 2.14. The second-order valence-electron chi connectivity index (χ2n) is 7.23.